The topological polar surface area (TPSA) is 35.5 Å². The van der Waals surface area contributed by atoms with E-state index in [0.29, 0.717) is 17.9 Å². The summed E-state index contributed by atoms with van der Waals surface area (Å²) in [5.74, 6) is 1.26. The smallest absolute Gasteiger partial charge is 0.177 e. The van der Waals surface area contributed by atoms with E-state index in [9.17, 15) is 4.79 Å². The molecule has 0 aromatic heterocycles. The van der Waals surface area contributed by atoms with E-state index in [4.69, 9.17) is 9.47 Å². The molecule has 0 spiro atoms. The molecule has 3 rings (SSSR count). The van der Waals surface area contributed by atoms with Crippen molar-refractivity contribution in [1.82, 2.24) is 0 Å². The first-order chi connectivity index (χ1) is 10.1. The van der Waals surface area contributed by atoms with Crippen molar-refractivity contribution in [3.05, 3.63) is 58.7 Å². The maximum absolute atomic E-state index is 13.0. The zero-order valence-electron chi connectivity index (χ0n) is 12.5. The number of hydrogen-bond donors (Lipinski definition) is 0. The van der Waals surface area contributed by atoms with Gasteiger partial charge in [-0.05, 0) is 37.1 Å². The maximum Gasteiger partial charge on any atom is 0.177 e. The van der Waals surface area contributed by atoms with Crippen LogP contribution in [0.1, 0.15) is 33.0 Å². The lowest BCUT2D eigenvalue weighted by Gasteiger charge is -2.15. The second-order valence-electron chi connectivity index (χ2n) is 5.42. The van der Waals surface area contributed by atoms with Crippen LogP contribution in [0, 0.1) is 13.8 Å². The van der Waals surface area contributed by atoms with Gasteiger partial charge in [-0.15, -0.1) is 0 Å². The molecule has 1 aliphatic heterocycles. The first-order valence-electron chi connectivity index (χ1n) is 7.03. The first kappa shape index (κ1) is 13.7. The van der Waals surface area contributed by atoms with Crippen LogP contribution in [0.25, 0.3) is 0 Å². The summed E-state index contributed by atoms with van der Waals surface area (Å²) in [5, 5.41) is 0. The Morgan fingerprint density at radius 2 is 2.00 bits per heavy atom. The predicted molar refractivity (Wildman–Crippen MR) is 81.5 cm³/mol. The van der Waals surface area contributed by atoms with Crippen LogP contribution in [0.2, 0.25) is 0 Å². The molecular weight excluding hydrogens is 264 g/mol. The number of aryl methyl sites for hydroxylation is 2. The van der Waals surface area contributed by atoms with Crippen LogP contribution >= 0.6 is 0 Å². The third-order valence-electron chi connectivity index (χ3n) is 3.93. The second-order valence-corrected chi connectivity index (χ2v) is 5.42. The molecule has 1 heterocycles. The average molecular weight is 282 g/mol. The first-order valence-corrected chi connectivity index (χ1v) is 7.03. The highest BCUT2D eigenvalue weighted by atomic mass is 16.5. The highest BCUT2D eigenvalue weighted by Gasteiger charge is 2.33. The summed E-state index contributed by atoms with van der Waals surface area (Å²) in [4.78, 5) is 13.0. The molecule has 0 fully saturated rings. The lowest BCUT2D eigenvalue weighted by Crippen LogP contribution is -2.16. The Kier molecular flexibility index (Phi) is 3.42. The van der Waals surface area contributed by atoms with Crippen molar-refractivity contribution in [2.24, 2.45) is 0 Å². The fourth-order valence-electron chi connectivity index (χ4n) is 2.96. The quantitative estimate of drug-likeness (QED) is 0.806. The Morgan fingerprint density at radius 1 is 1.24 bits per heavy atom. The van der Waals surface area contributed by atoms with Gasteiger partial charge in [0.15, 0.2) is 5.78 Å². The summed E-state index contributed by atoms with van der Waals surface area (Å²) in [6.07, 6.45) is 0. The van der Waals surface area contributed by atoms with Crippen molar-refractivity contribution in [2.45, 2.75) is 19.8 Å². The van der Waals surface area contributed by atoms with Crippen LogP contribution in [0.5, 0.6) is 11.5 Å². The normalized spacial score (nSPS) is 16.2. The summed E-state index contributed by atoms with van der Waals surface area (Å²) in [5.41, 5.74) is 3.66. The number of Topliss-reactive ketones (excluding diaryl/α,β-unsaturated/α-hetero) is 1. The zero-order valence-corrected chi connectivity index (χ0v) is 12.5. The molecule has 0 saturated heterocycles. The molecule has 0 aliphatic carbocycles. The van der Waals surface area contributed by atoms with Crippen LogP contribution < -0.4 is 9.47 Å². The van der Waals surface area contributed by atoms with Gasteiger partial charge in [0.2, 0.25) is 0 Å². The second kappa shape index (κ2) is 5.24. The Balaban J connectivity index is 2.05. The van der Waals surface area contributed by atoms with Crippen molar-refractivity contribution in [3.8, 4) is 11.5 Å². The molecule has 1 atom stereocenters. The van der Waals surface area contributed by atoms with Crippen LogP contribution in [0.3, 0.4) is 0 Å². The van der Waals surface area contributed by atoms with Crippen molar-refractivity contribution < 1.29 is 14.3 Å². The Morgan fingerprint density at radius 3 is 2.76 bits per heavy atom. The minimum Gasteiger partial charge on any atom is -0.496 e. The van der Waals surface area contributed by atoms with Gasteiger partial charge in [-0.25, -0.2) is 0 Å². The molecule has 1 aliphatic rings. The van der Waals surface area contributed by atoms with Crippen molar-refractivity contribution >= 4 is 5.78 Å². The van der Waals surface area contributed by atoms with E-state index < -0.39 is 0 Å². The molecule has 3 heteroatoms. The van der Waals surface area contributed by atoms with Crippen LogP contribution in [0.4, 0.5) is 0 Å². The summed E-state index contributed by atoms with van der Waals surface area (Å²) >= 11 is 0. The molecule has 21 heavy (non-hydrogen) atoms. The van der Waals surface area contributed by atoms with E-state index in [-0.39, 0.29) is 11.7 Å². The number of ketones is 1. The molecule has 108 valence electrons. The molecule has 0 amide bonds. The van der Waals surface area contributed by atoms with Gasteiger partial charge in [-0.2, -0.15) is 0 Å². The molecule has 0 bridgehead atoms. The van der Waals surface area contributed by atoms with Gasteiger partial charge >= 0.3 is 0 Å². The third-order valence-corrected chi connectivity index (χ3v) is 3.93. The lowest BCUT2D eigenvalue weighted by molar-refractivity contribution is 0.0944. The number of methoxy groups -OCH3 is 1. The molecule has 1 unspecified atom stereocenters. The van der Waals surface area contributed by atoms with Gasteiger partial charge in [0, 0.05) is 5.56 Å². The minimum atomic E-state index is -0.253. The summed E-state index contributed by atoms with van der Waals surface area (Å²) in [6, 6.07) is 11.6. The SMILES string of the molecule is COc1cc(C)cc(C)c1C(=O)C1COc2ccccc21. The standard InChI is InChI=1S/C18H18O3/c1-11-8-12(2)17(16(9-11)20-3)18(19)14-10-21-15-7-5-4-6-13(14)15/h4-9,14H,10H2,1-3H3. The van der Waals surface area contributed by atoms with E-state index in [0.717, 1.165) is 22.4 Å². The van der Waals surface area contributed by atoms with Crippen LogP contribution in [-0.2, 0) is 0 Å². The van der Waals surface area contributed by atoms with Gasteiger partial charge in [-0.1, -0.05) is 24.3 Å². The van der Waals surface area contributed by atoms with Crippen LogP contribution in [0.15, 0.2) is 36.4 Å². The number of para-hydroxylation sites is 1. The van der Waals surface area contributed by atoms with Gasteiger partial charge in [-0.3, -0.25) is 4.79 Å². The summed E-state index contributed by atoms with van der Waals surface area (Å²) in [7, 11) is 1.60. The molecule has 0 N–H and O–H groups in total. The van der Waals surface area contributed by atoms with E-state index >= 15 is 0 Å². The van der Waals surface area contributed by atoms with E-state index in [1.165, 1.54) is 0 Å². The Hall–Kier alpha value is -2.29. The average Bonchev–Trinajstić information content (AvgIpc) is 2.89. The number of carbonyl (C=O) groups excluding carboxylic acids is 1. The fraction of sp³-hybridized carbons (Fsp3) is 0.278. The van der Waals surface area contributed by atoms with E-state index in [2.05, 4.69) is 0 Å². The lowest BCUT2D eigenvalue weighted by atomic mass is 9.89. The van der Waals surface area contributed by atoms with Gasteiger partial charge < -0.3 is 9.47 Å². The summed E-state index contributed by atoms with van der Waals surface area (Å²) in [6.45, 7) is 4.34. The van der Waals surface area contributed by atoms with Gasteiger partial charge in [0.05, 0.1) is 18.6 Å². The molecule has 3 nitrogen and oxygen atoms in total. The van der Waals surface area contributed by atoms with Crippen molar-refractivity contribution in [3.63, 3.8) is 0 Å². The molecule has 0 saturated carbocycles. The molecule has 0 radical (unpaired) electrons. The third kappa shape index (κ3) is 2.29. The fourth-order valence-corrected chi connectivity index (χ4v) is 2.96. The zero-order chi connectivity index (χ0) is 15.0. The van der Waals surface area contributed by atoms with Crippen molar-refractivity contribution in [2.75, 3.05) is 13.7 Å². The summed E-state index contributed by atoms with van der Waals surface area (Å²) < 4.78 is 11.0. The van der Waals surface area contributed by atoms with E-state index in [1.807, 2.05) is 50.2 Å². The highest BCUT2D eigenvalue weighted by Crippen LogP contribution is 2.38. The molecule has 2 aromatic carbocycles. The van der Waals surface area contributed by atoms with Gasteiger partial charge in [0.1, 0.15) is 18.1 Å². The number of hydrogen-bond acceptors (Lipinski definition) is 3. The number of benzene rings is 2. The highest BCUT2D eigenvalue weighted by molar-refractivity contribution is 6.05. The number of rotatable bonds is 3. The van der Waals surface area contributed by atoms with Gasteiger partial charge in [0.25, 0.3) is 0 Å². The predicted octanol–water partition coefficient (Wildman–Crippen LogP) is 3.67. The maximum atomic E-state index is 13.0. The minimum absolute atomic E-state index is 0.0642. The number of fused-ring (bicyclic) bond motifs is 1. The number of carbonyl (C=O) groups is 1. The number of ether oxygens (including phenoxy) is 2. The molecule has 2 aromatic rings. The van der Waals surface area contributed by atoms with Crippen molar-refractivity contribution in [1.29, 1.82) is 0 Å². The Labute approximate surface area is 124 Å². The monoisotopic (exact) mass is 282 g/mol. The van der Waals surface area contributed by atoms with E-state index in [1.54, 1.807) is 7.11 Å². The largest absolute Gasteiger partial charge is 0.496 e. The van der Waals surface area contributed by atoms with Crippen LogP contribution in [-0.4, -0.2) is 19.5 Å². The molecular formula is C18H18O3. The Bertz CT molecular complexity index is 704.